The number of aromatic nitrogens is 3. The third-order valence-corrected chi connectivity index (χ3v) is 6.04. The van der Waals surface area contributed by atoms with Gasteiger partial charge in [0.05, 0.1) is 17.7 Å². The molecule has 3 rings (SSSR count). The normalized spacial score (nSPS) is 11.9. The zero-order valence-electron chi connectivity index (χ0n) is 17.6. The minimum atomic E-state index is -0.617. The standard InChI is InChI=1S/C20H22Cl2FN5O2S.ClH/c1-10(2)28(3)18-5-11(4-17(22)25-18)19-26-27-20(31-19)13-6-15(23)16(7-14(13)21)30-9-12(24)8-29;/h4-7,10,12,29H,8-9,24H2,1-3H3;1H. The quantitative estimate of drug-likeness (QED) is 0.415. The van der Waals surface area contributed by atoms with Crippen molar-refractivity contribution in [3.05, 3.63) is 40.3 Å². The van der Waals surface area contributed by atoms with Gasteiger partial charge in [0.2, 0.25) is 0 Å². The summed E-state index contributed by atoms with van der Waals surface area (Å²) in [6.45, 7) is 3.79. The van der Waals surface area contributed by atoms with Crippen LogP contribution in [0.3, 0.4) is 0 Å². The second kappa shape index (κ2) is 11.4. The van der Waals surface area contributed by atoms with Crippen molar-refractivity contribution >= 4 is 52.8 Å². The van der Waals surface area contributed by atoms with Crippen LogP contribution < -0.4 is 15.4 Å². The molecule has 0 bridgehead atoms. The highest BCUT2D eigenvalue weighted by Crippen LogP contribution is 2.38. The smallest absolute Gasteiger partial charge is 0.165 e. The van der Waals surface area contributed by atoms with Crippen LogP contribution in [0.2, 0.25) is 10.2 Å². The van der Waals surface area contributed by atoms with Crippen molar-refractivity contribution < 1.29 is 14.2 Å². The van der Waals surface area contributed by atoms with E-state index in [-0.39, 0.29) is 42.4 Å². The molecular weight excluding hydrogens is 500 g/mol. The zero-order valence-corrected chi connectivity index (χ0v) is 20.7. The van der Waals surface area contributed by atoms with E-state index in [0.717, 1.165) is 5.56 Å². The van der Waals surface area contributed by atoms with E-state index in [1.165, 1.54) is 23.5 Å². The van der Waals surface area contributed by atoms with Gasteiger partial charge in [-0.2, -0.15) is 0 Å². The predicted molar refractivity (Wildman–Crippen MR) is 130 cm³/mol. The molecule has 7 nitrogen and oxygen atoms in total. The number of hydrogen-bond donors (Lipinski definition) is 2. The molecule has 2 aromatic heterocycles. The minimum absolute atomic E-state index is 0. The highest BCUT2D eigenvalue weighted by molar-refractivity contribution is 7.18. The summed E-state index contributed by atoms with van der Waals surface area (Å²) in [7, 11) is 1.93. The molecule has 0 aliphatic carbocycles. The van der Waals surface area contributed by atoms with Gasteiger partial charge in [-0.1, -0.05) is 34.5 Å². The van der Waals surface area contributed by atoms with E-state index in [1.807, 2.05) is 31.9 Å². The molecule has 0 amide bonds. The Bertz CT molecular complexity index is 1070. The molecule has 2 heterocycles. The average Bonchev–Trinajstić information content (AvgIpc) is 3.22. The van der Waals surface area contributed by atoms with Crippen molar-refractivity contribution in [1.29, 1.82) is 0 Å². The predicted octanol–water partition coefficient (Wildman–Crippen LogP) is 4.68. The third kappa shape index (κ3) is 6.18. The molecule has 174 valence electrons. The van der Waals surface area contributed by atoms with E-state index >= 15 is 0 Å². The number of aliphatic hydroxyl groups is 1. The molecule has 3 aromatic rings. The second-order valence-electron chi connectivity index (χ2n) is 7.17. The molecule has 0 aliphatic rings. The van der Waals surface area contributed by atoms with E-state index in [9.17, 15) is 4.39 Å². The summed E-state index contributed by atoms with van der Waals surface area (Å²) in [4.78, 5) is 6.35. The van der Waals surface area contributed by atoms with Crippen LogP contribution in [0.15, 0.2) is 24.3 Å². The first-order valence-electron chi connectivity index (χ1n) is 9.42. The van der Waals surface area contributed by atoms with Gasteiger partial charge in [0.15, 0.2) is 11.6 Å². The molecule has 0 spiro atoms. The third-order valence-electron chi connectivity index (χ3n) is 4.53. The zero-order chi connectivity index (χ0) is 22.7. The van der Waals surface area contributed by atoms with Crippen molar-refractivity contribution in [2.24, 2.45) is 5.73 Å². The van der Waals surface area contributed by atoms with Crippen LogP contribution in [0.25, 0.3) is 21.1 Å². The fourth-order valence-corrected chi connectivity index (χ4v) is 3.92. The number of nitrogens with zero attached hydrogens (tertiary/aromatic N) is 4. The van der Waals surface area contributed by atoms with Crippen LogP contribution in [0.1, 0.15) is 13.8 Å². The van der Waals surface area contributed by atoms with Gasteiger partial charge < -0.3 is 20.5 Å². The first kappa shape index (κ1) is 26.5. The number of aliphatic hydroxyl groups excluding tert-OH is 1. The van der Waals surface area contributed by atoms with Crippen molar-refractivity contribution in [3.8, 4) is 26.9 Å². The Morgan fingerprint density at radius 1 is 1.19 bits per heavy atom. The molecule has 0 radical (unpaired) electrons. The number of nitrogens with two attached hydrogens (primary N) is 1. The van der Waals surface area contributed by atoms with E-state index in [4.69, 9.17) is 38.8 Å². The second-order valence-corrected chi connectivity index (χ2v) is 8.94. The number of rotatable bonds is 8. The molecule has 1 aromatic carbocycles. The molecule has 1 atom stereocenters. The lowest BCUT2D eigenvalue weighted by molar-refractivity contribution is 0.202. The highest BCUT2D eigenvalue weighted by atomic mass is 35.5. The largest absolute Gasteiger partial charge is 0.489 e. The number of benzene rings is 1. The lowest BCUT2D eigenvalue weighted by Crippen LogP contribution is -2.31. The van der Waals surface area contributed by atoms with Gasteiger partial charge in [0.25, 0.3) is 0 Å². The van der Waals surface area contributed by atoms with Crippen LogP contribution in [-0.2, 0) is 0 Å². The van der Waals surface area contributed by atoms with Crippen molar-refractivity contribution in [1.82, 2.24) is 15.2 Å². The SMILES string of the molecule is CC(C)N(C)c1cc(-c2nnc(-c3cc(F)c(OCC(N)CO)cc3Cl)s2)cc(Cl)n1.Cl. The molecule has 0 saturated heterocycles. The summed E-state index contributed by atoms with van der Waals surface area (Å²) in [5, 5.41) is 19.0. The molecule has 0 fully saturated rings. The summed E-state index contributed by atoms with van der Waals surface area (Å²) >= 11 is 13.8. The van der Waals surface area contributed by atoms with Crippen LogP contribution >= 0.6 is 46.9 Å². The average molecular weight is 523 g/mol. The van der Waals surface area contributed by atoms with Gasteiger partial charge in [-0.3, -0.25) is 0 Å². The number of halogens is 4. The summed E-state index contributed by atoms with van der Waals surface area (Å²) in [6, 6.07) is 5.79. The van der Waals surface area contributed by atoms with E-state index < -0.39 is 11.9 Å². The van der Waals surface area contributed by atoms with E-state index in [0.29, 0.717) is 26.5 Å². The molecule has 12 heteroatoms. The Morgan fingerprint density at radius 2 is 1.88 bits per heavy atom. The molecular formula is C20H23Cl3FN5O2S. The summed E-state index contributed by atoms with van der Waals surface area (Å²) in [5.74, 6) is 0.0414. The van der Waals surface area contributed by atoms with Crippen molar-refractivity contribution in [2.45, 2.75) is 25.9 Å². The van der Waals surface area contributed by atoms with Crippen molar-refractivity contribution in [2.75, 3.05) is 25.2 Å². The summed E-state index contributed by atoms with van der Waals surface area (Å²) in [6.07, 6.45) is 0. The van der Waals surface area contributed by atoms with E-state index in [1.54, 1.807) is 6.07 Å². The summed E-state index contributed by atoms with van der Waals surface area (Å²) in [5.41, 5.74) is 6.72. The number of anilines is 1. The lowest BCUT2D eigenvalue weighted by Gasteiger charge is -2.23. The van der Waals surface area contributed by atoms with Gasteiger partial charge in [-0.15, -0.1) is 22.6 Å². The lowest BCUT2D eigenvalue weighted by atomic mass is 10.2. The monoisotopic (exact) mass is 521 g/mol. The topological polar surface area (TPSA) is 97.4 Å². The maximum atomic E-state index is 14.5. The number of pyridine rings is 1. The fourth-order valence-electron chi connectivity index (χ4n) is 2.55. The Labute approximate surface area is 205 Å². The minimum Gasteiger partial charge on any atom is -0.489 e. The van der Waals surface area contributed by atoms with Crippen LogP contribution in [0.4, 0.5) is 10.2 Å². The number of ether oxygens (including phenoxy) is 1. The van der Waals surface area contributed by atoms with Gasteiger partial charge in [-0.05, 0) is 32.0 Å². The van der Waals surface area contributed by atoms with Crippen molar-refractivity contribution in [3.63, 3.8) is 0 Å². The molecule has 0 aliphatic heterocycles. The molecule has 3 N–H and O–H groups in total. The first-order chi connectivity index (χ1) is 14.7. The van der Waals surface area contributed by atoms with Gasteiger partial charge >= 0.3 is 0 Å². The highest BCUT2D eigenvalue weighted by Gasteiger charge is 2.18. The van der Waals surface area contributed by atoms with Gasteiger partial charge in [-0.25, -0.2) is 9.37 Å². The van der Waals surface area contributed by atoms with Gasteiger partial charge in [0, 0.05) is 30.3 Å². The van der Waals surface area contributed by atoms with Crippen LogP contribution in [-0.4, -0.2) is 52.6 Å². The van der Waals surface area contributed by atoms with E-state index in [2.05, 4.69) is 15.2 Å². The Morgan fingerprint density at radius 3 is 2.53 bits per heavy atom. The first-order valence-corrected chi connectivity index (χ1v) is 11.0. The van der Waals surface area contributed by atoms with Crippen LogP contribution in [0, 0.1) is 5.82 Å². The Balaban J connectivity index is 0.00000363. The molecule has 0 saturated carbocycles. The fraction of sp³-hybridized carbons (Fsp3) is 0.350. The Hall–Kier alpha value is -1.75. The molecule has 32 heavy (non-hydrogen) atoms. The van der Waals surface area contributed by atoms with Gasteiger partial charge in [0.1, 0.15) is 27.6 Å². The number of hydrogen-bond acceptors (Lipinski definition) is 8. The maximum absolute atomic E-state index is 14.5. The summed E-state index contributed by atoms with van der Waals surface area (Å²) < 4.78 is 19.8. The maximum Gasteiger partial charge on any atom is 0.165 e. The Kier molecular flexibility index (Phi) is 9.44. The molecule has 1 unspecified atom stereocenters. The van der Waals surface area contributed by atoms with Crippen LogP contribution in [0.5, 0.6) is 5.75 Å².